The lowest BCUT2D eigenvalue weighted by molar-refractivity contribution is -0.385. The number of pyridine rings is 1. The summed E-state index contributed by atoms with van der Waals surface area (Å²) >= 11 is 6.04. The van der Waals surface area contributed by atoms with Gasteiger partial charge in [-0.1, -0.05) is 23.7 Å². The number of hydrogen-bond donors (Lipinski definition) is 3. The number of hydrogen-bond acceptors (Lipinski definition) is 6. The Bertz CT molecular complexity index is 1070. The lowest BCUT2D eigenvalue weighted by Crippen LogP contribution is -2.37. The normalized spacial score (nSPS) is 14.0. The molecule has 2 aromatic carbocycles. The molecule has 7 nitrogen and oxygen atoms in total. The molecule has 0 atom stereocenters. The van der Waals surface area contributed by atoms with Crippen molar-refractivity contribution in [2.45, 2.75) is 13.1 Å². The molecule has 0 radical (unpaired) electrons. The van der Waals surface area contributed by atoms with E-state index >= 15 is 0 Å². The predicted molar refractivity (Wildman–Crippen MR) is 102 cm³/mol. The number of aliphatic hydroxyl groups is 2. The average Bonchev–Trinajstić information content (AvgIpc) is 2.95. The maximum absolute atomic E-state index is 12.3. The fourth-order valence-corrected chi connectivity index (χ4v) is 3.12. The van der Waals surface area contributed by atoms with Crippen LogP contribution in [0.3, 0.4) is 0 Å². The Labute approximate surface area is 165 Å². The van der Waals surface area contributed by atoms with Crippen LogP contribution in [0.5, 0.6) is 11.5 Å². The summed E-state index contributed by atoms with van der Waals surface area (Å²) in [5, 5.41) is 22.0. The molecule has 0 fully saturated rings. The van der Waals surface area contributed by atoms with Crippen LogP contribution in [0.15, 0.2) is 54.7 Å². The molecule has 4 rings (SSSR count). The topological polar surface area (TPSA) is 101 Å². The van der Waals surface area contributed by atoms with Crippen molar-refractivity contribution >= 4 is 23.3 Å². The van der Waals surface area contributed by atoms with Gasteiger partial charge in [-0.15, -0.1) is 0 Å². The molecule has 3 N–H and O–H groups in total. The minimum atomic E-state index is -2.67. The lowest BCUT2D eigenvalue weighted by Gasteiger charge is -2.10. The van der Waals surface area contributed by atoms with E-state index in [1.165, 1.54) is 0 Å². The van der Waals surface area contributed by atoms with Crippen molar-refractivity contribution in [3.05, 3.63) is 70.9 Å². The maximum Gasteiger partial charge on any atom is 0.505 e. The summed E-state index contributed by atoms with van der Waals surface area (Å²) in [5.41, 5.74) is 2.72. The monoisotopic (exact) mass is 398 g/mol. The molecule has 2 heterocycles. The number of fused-ring (bicyclic) bond motifs is 1. The minimum absolute atomic E-state index is 0.210. The quantitative estimate of drug-likeness (QED) is 0.585. The Morgan fingerprint density at radius 2 is 1.82 bits per heavy atom. The van der Waals surface area contributed by atoms with Gasteiger partial charge < -0.3 is 14.8 Å². The molecule has 0 saturated carbocycles. The summed E-state index contributed by atoms with van der Waals surface area (Å²) in [7, 11) is 0. The van der Waals surface area contributed by atoms with Crippen LogP contribution in [0.25, 0.3) is 11.1 Å². The molecule has 0 aliphatic carbocycles. The van der Waals surface area contributed by atoms with Gasteiger partial charge >= 0.3 is 6.16 Å². The first-order chi connectivity index (χ1) is 13.3. The van der Waals surface area contributed by atoms with Gasteiger partial charge in [0.15, 0.2) is 11.5 Å². The van der Waals surface area contributed by atoms with Crippen LogP contribution in [0.1, 0.15) is 15.9 Å². The van der Waals surface area contributed by atoms with Crippen LogP contribution in [0.2, 0.25) is 5.02 Å². The van der Waals surface area contributed by atoms with Crippen molar-refractivity contribution in [1.29, 1.82) is 0 Å². The third kappa shape index (κ3) is 3.50. The number of nitrogens with one attached hydrogen (secondary N) is 1. The fourth-order valence-electron chi connectivity index (χ4n) is 2.90. The molecular formula is C20H15ClN2O5. The number of carbonyl (C=O) groups excluding carboxylic acids is 1. The highest BCUT2D eigenvalue weighted by Gasteiger charge is 2.38. The molecule has 0 saturated heterocycles. The standard InChI is InChI=1S/C20H15ClN2O5/c1-11-8-16-17(28-20(25,26)27-16)9-14(11)12-6-7-18(22-10-12)23-19(24)13-4-2-3-5-15(13)21/h2-10,25-26H,1H3,(H,22,23,24). The van der Waals surface area contributed by atoms with Crippen molar-refractivity contribution in [1.82, 2.24) is 4.98 Å². The molecule has 1 aromatic heterocycles. The zero-order valence-corrected chi connectivity index (χ0v) is 15.4. The SMILES string of the molecule is Cc1cc2c(cc1-c1ccc(NC(=O)c3ccccc3Cl)nc1)OC(O)(O)O2. The molecule has 1 aliphatic rings. The van der Waals surface area contributed by atoms with Crippen molar-refractivity contribution < 1.29 is 24.5 Å². The van der Waals surface area contributed by atoms with E-state index in [9.17, 15) is 15.0 Å². The van der Waals surface area contributed by atoms with Gasteiger partial charge in [0.25, 0.3) is 5.91 Å². The molecule has 142 valence electrons. The highest BCUT2D eigenvalue weighted by Crippen LogP contribution is 2.42. The third-order valence-electron chi connectivity index (χ3n) is 4.21. The molecule has 8 heteroatoms. The molecule has 3 aromatic rings. The van der Waals surface area contributed by atoms with E-state index in [1.54, 1.807) is 54.7 Å². The second-order valence-corrected chi connectivity index (χ2v) is 6.64. The van der Waals surface area contributed by atoms with E-state index in [4.69, 9.17) is 21.1 Å². The van der Waals surface area contributed by atoms with Crippen LogP contribution in [0, 0.1) is 6.92 Å². The number of halogens is 1. The van der Waals surface area contributed by atoms with Crippen LogP contribution in [-0.2, 0) is 0 Å². The number of amides is 1. The fraction of sp³-hybridized carbons (Fsp3) is 0.100. The number of aryl methyl sites for hydroxylation is 1. The largest absolute Gasteiger partial charge is 0.505 e. The molecule has 1 amide bonds. The zero-order valence-electron chi connectivity index (χ0n) is 14.6. The van der Waals surface area contributed by atoms with Crippen LogP contribution in [-0.4, -0.2) is 27.3 Å². The smallest absolute Gasteiger partial charge is 0.403 e. The highest BCUT2D eigenvalue weighted by molar-refractivity contribution is 6.34. The summed E-state index contributed by atoms with van der Waals surface area (Å²) < 4.78 is 9.84. The van der Waals surface area contributed by atoms with Crippen molar-refractivity contribution in [3.63, 3.8) is 0 Å². The molecule has 1 aliphatic heterocycles. The Morgan fingerprint density at radius 3 is 2.50 bits per heavy atom. The van der Waals surface area contributed by atoms with Gasteiger partial charge in [-0.05, 0) is 54.4 Å². The van der Waals surface area contributed by atoms with Gasteiger partial charge in [0.1, 0.15) is 5.82 Å². The summed E-state index contributed by atoms with van der Waals surface area (Å²) in [6.45, 7) is 1.85. The number of nitrogens with zero attached hydrogens (tertiary/aromatic N) is 1. The Morgan fingerprint density at radius 1 is 1.11 bits per heavy atom. The van der Waals surface area contributed by atoms with E-state index < -0.39 is 6.16 Å². The maximum atomic E-state index is 12.3. The van der Waals surface area contributed by atoms with E-state index in [-0.39, 0.29) is 17.4 Å². The van der Waals surface area contributed by atoms with Crippen molar-refractivity contribution in [2.75, 3.05) is 5.32 Å². The van der Waals surface area contributed by atoms with Gasteiger partial charge in [-0.3, -0.25) is 15.0 Å². The van der Waals surface area contributed by atoms with E-state index in [2.05, 4.69) is 10.3 Å². The Balaban J connectivity index is 1.56. The number of rotatable bonds is 3. The van der Waals surface area contributed by atoms with E-state index in [1.807, 2.05) is 6.92 Å². The number of carbonyl (C=O) groups is 1. The molecule has 28 heavy (non-hydrogen) atoms. The van der Waals surface area contributed by atoms with Crippen molar-refractivity contribution in [3.8, 4) is 22.6 Å². The summed E-state index contributed by atoms with van der Waals surface area (Å²) in [5.74, 6) is 0.466. The summed E-state index contributed by atoms with van der Waals surface area (Å²) in [4.78, 5) is 16.6. The minimum Gasteiger partial charge on any atom is -0.403 e. The van der Waals surface area contributed by atoms with Gasteiger partial charge in [0.05, 0.1) is 10.6 Å². The number of anilines is 1. The first-order valence-corrected chi connectivity index (χ1v) is 8.70. The summed E-state index contributed by atoms with van der Waals surface area (Å²) in [6, 6.07) is 13.5. The number of ether oxygens (including phenoxy) is 2. The van der Waals surface area contributed by atoms with Gasteiger partial charge in [-0.25, -0.2) is 4.98 Å². The molecular weight excluding hydrogens is 384 g/mol. The summed E-state index contributed by atoms with van der Waals surface area (Å²) in [6.07, 6.45) is -1.07. The second kappa shape index (κ2) is 6.79. The molecule has 0 bridgehead atoms. The second-order valence-electron chi connectivity index (χ2n) is 6.23. The van der Waals surface area contributed by atoms with Gasteiger partial charge in [-0.2, -0.15) is 0 Å². The van der Waals surface area contributed by atoms with E-state index in [0.29, 0.717) is 16.4 Å². The molecule has 0 spiro atoms. The molecule has 0 unspecified atom stereocenters. The van der Waals surface area contributed by atoms with Gasteiger partial charge in [0, 0.05) is 11.8 Å². The van der Waals surface area contributed by atoms with Gasteiger partial charge in [0.2, 0.25) is 0 Å². The third-order valence-corrected chi connectivity index (χ3v) is 4.54. The van der Waals surface area contributed by atoms with Crippen LogP contribution >= 0.6 is 11.6 Å². The first kappa shape index (κ1) is 18.2. The number of aromatic nitrogens is 1. The van der Waals surface area contributed by atoms with Crippen LogP contribution < -0.4 is 14.8 Å². The Hall–Kier alpha value is -3.13. The highest BCUT2D eigenvalue weighted by atomic mass is 35.5. The number of benzene rings is 2. The Kier molecular flexibility index (Phi) is 4.43. The van der Waals surface area contributed by atoms with Crippen LogP contribution in [0.4, 0.5) is 5.82 Å². The van der Waals surface area contributed by atoms with Crippen molar-refractivity contribution in [2.24, 2.45) is 0 Å². The first-order valence-electron chi connectivity index (χ1n) is 8.32. The average molecular weight is 399 g/mol. The predicted octanol–water partition coefficient (Wildman–Crippen LogP) is 3.33. The van der Waals surface area contributed by atoms with E-state index in [0.717, 1.165) is 16.7 Å². The lowest BCUT2D eigenvalue weighted by atomic mass is 10.0. The zero-order chi connectivity index (χ0) is 19.9.